The van der Waals surface area contributed by atoms with E-state index in [1.54, 1.807) is 11.7 Å². The van der Waals surface area contributed by atoms with E-state index in [9.17, 15) is 4.79 Å². The Morgan fingerprint density at radius 1 is 1.15 bits per heavy atom. The first-order chi connectivity index (χ1) is 9.72. The summed E-state index contributed by atoms with van der Waals surface area (Å²) in [6.45, 7) is 0. The van der Waals surface area contributed by atoms with Crippen LogP contribution < -0.4 is 4.74 Å². The molecule has 0 aliphatic heterocycles. The average Bonchev–Trinajstić information content (AvgIpc) is 2.84. The normalized spacial score (nSPS) is 10.7. The predicted molar refractivity (Wildman–Crippen MR) is 72.7 cm³/mol. The molecule has 0 radical (unpaired) electrons. The van der Waals surface area contributed by atoms with Gasteiger partial charge in [-0.2, -0.15) is 5.10 Å². The van der Waals surface area contributed by atoms with Gasteiger partial charge >= 0.3 is 0 Å². The van der Waals surface area contributed by atoms with Gasteiger partial charge in [-0.05, 0) is 6.07 Å². The highest BCUT2D eigenvalue weighted by atomic mass is 16.5. The van der Waals surface area contributed by atoms with Gasteiger partial charge in [-0.25, -0.2) is 9.97 Å². The lowest BCUT2D eigenvalue weighted by Gasteiger charge is -2.03. The van der Waals surface area contributed by atoms with Crippen LogP contribution in [-0.4, -0.2) is 32.6 Å². The van der Waals surface area contributed by atoms with Gasteiger partial charge in [-0.15, -0.1) is 0 Å². The number of rotatable bonds is 3. The highest BCUT2D eigenvalue weighted by Gasteiger charge is 2.22. The van der Waals surface area contributed by atoms with Crippen molar-refractivity contribution in [3.63, 3.8) is 0 Å². The minimum absolute atomic E-state index is 0.166. The van der Waals surface area contributed by atoms with Crippen molar-refractivity contribution in [3.8, 4) is 5.88 Å². The molecule has 0 aliphatic carbocycles. The van der Waals surface area contributed by atoms with Gasteiger partial charge in [0.2, 0.25) is 11.7 Å². The van der Waals surface area contributed by atoms with Crippen LogP contribution in [0, 0.1) is 0 Å². The molecule has 0 unspecified atom stereocenters. The van der Waals surface area contributed by atoms with Gasteiger partial charge < -0.3 is 4.74 Å². The summed E-state index contributed by atoms with van der Waals surface area (Å²) in [4.78, 5) is 20.6. The number of aromatic nitrogens is 4. The summed E-state index contributed by atoms with van der Waals surface area (Å²) in [7, 11) is 3.25. The fourth-order valence-electron chi connectivity index (χ4n) is 2.12. The monoisotopic (exact) mass is 268 g/mol. The molecule has 3 rings (SSSR count). The number of hydrogen-bond acceptors (Lipinski definition) is 5. The van der Waals surface area contributed by atoms with Crippen molar-refractivity contribution < 1.29 is 9.53 Å². The second-order valence-corrected chi connectivity index (χ2v) is 4.23. The molecule has 0 saturated carbocycles. The van der Waals surface area contributed by atoms with Crippen LogP contribution in [-0.2, 0) is 7.05 Å². The van der Waals surface area contributed by atoms with Gasteiger partial charge in [-0.1, -0.05) is 18.2 Å². The van der Waals surface area contributed by atoms with Crippen LogP contribution in [0.4, 0.5) is 0 Å². The van der Waals surface area contributed by atoms with Gasteiger partial charge in [0, 0.05) is 24.8 Å². The number of carbonyl (C=O) groups excluding carboxylic acids is 1. The van der Waals surface area contributed by atoms with E-state index in [4.69, 9.17) is 4.74 Å². The van der Waals surface area contributed by atoms with Gasteiger partial charge in [0.1, 0.15) is 5.69 Å². The summed E-state index contributed by atoms with van der Waals surface area (Å²) < 4.78 is 6.75. The molecule has 0 amide bonds. The van der Waals surface area contributed by atoms with E-state index in [0.29, 0.717) is 5.69 Å². The lowest BCUT2D eigenvalue weighted by molar-refractivity contribution is 0.102. The Balaban J connectivity index is 2.18. The van der Waals surface area contributed by atoms with Gasteiger partial charge in [0.25, 0.3) is 0 Å². The number of para-hydroxylation sites is 1. The van der Waals surface area contributed by atoms with Crippen molar-refractivity contribution in [1.82, 2.24) is 19.7 Å². The Hall–Kier alpha value is -2.76. The van der Waals surface area contributed by atoms with E-state index < -0.39 is 0 Å². The largest absolute Gasteiger partial charge is 0.479 e. The number of carbonyl (C=O) groups is 1. The number of ether oxygens (including phenoxy) is 1. The zero-order chi connectivity index (χ0) is 14.1. The summed E-state index contributed by atoms with van der Waals surface area (Å²) >= 11 is 0. The Labute approximate surface area is 115 Å². The molecule has 20 heavy (non-hydrogen) atoms. The van der Waals surface area contributed by atoms with E-state index in [1.165, 1.54) is 19.5 Å². The van der Waals surface area contributed by atoms with Crippen LogP contribution in [0.1, 0.15) is 16.2 Å². The molecule has 0 spiro atoms. The molecule has 0 saturated heterocycles. The molecule has 0 fully saturated rings. The number of benzene rings is 1. The maximum absolute atomic E-state index is 12.6. The molecule has 0 bridgehead atoms. The third kappa shape index (κ3) is 1.82. The molecule has 0 N–H and O–H groups in total. The van der Waals surface area contributed by atoms with E-state index >= 15 is 0 Å². The van der Waals surface area contributed by atoms with Crippen molar-refractivity contribution in [2.24, 2.45) is 7.05 Å². The van der Waals surface area contributed by atoms with Crippen LogP contribution in [0.15, 0.2) is 36.7 Å². The van der Waals surface area contributed by atoms with Crippen LogP contribution in [0.3, 0.4) is 0 Å². The summed E-state index contributed by atoms with van der Waals surface area (Å²) in [5.74, 6) is -0.0982. The third-order valence-corrected chi connectivity index (χ3v) is 3.05. The van der Waals surface area contributed by atoms with E-state index in [1.807, 2.05) is 24.3 Å². The Kier molecular flexibility index (Phi) is 2.90. The predicted octanol–water partition coefficient (Wildman–Crippen LogP) is 1.60. The molecular weight excluding hydrogens is 256 g/mol. The molecule has 2 aromatic heterocycles. The second-order valence-electron chi connectivity index (χ2n) is 4.23. The minimum atomic E-state index is -0.299. The average molecular weight is 268 g/mol. The lowest BCUT2D eigenvalue weighted by atomic mass is 10.1. The summed E-state index contributed by atoms with van der Waals surface area (Å²) in [6.07, 6.45) is 2.94. The molecule has 100 valence electrons. The second kappa shape index (κ2) is 4.73. The molecule has 6 nitrogen and oxygen atoms in total. The number of fused-ring (bicyclic) bond motifs is 1. The Morgan fingerprint density at radius 3 is 2.70 bits per heavy atom. The van der Waals surface area contributed by atoms with Gasteiger partial charge in [0.15, 0.2) is 5.69 Å². The molecule has 3 aromatic rings. The molecular formula is C14H12N4O2. The topological polar surface area (TPSA) is 69.9 Å². The molecule has 1 aromatic carbocycles. The van der Waals surface area contributed by atoms with Gasteiger partial charge in [0.05, 0.1) is 12.6 Å². The van der Waals surface area contributed by atoms with E-state index in [-0.39, 0.29) is 17.4 Å². The van der Waals surface area contributed by atoms with Crippen molar-refractivity contribution >= 4 is 16.7 Å². The standard InChI is InChI=1S/C14H12N4O2/c1-18-10-6-4-3-5-9(10)11(17-18)13(19)12-14(20-2)16-8-7-15-12/h3-8H,1-2H3. The Bertz CT molecular complexity index is 795. The van der Waals surface area contributed by atoms with Crippen LogP contribution in [0.5, 0.6) is 5.88 Å². The number of methoxy groups -OCH3 is 1. The Morgan fingerprint density at radius 2 is 1.90 bits per heavy atom. The van der Waals surface area contributed by atoms with Crippen LogP contribution >= 0.6 is 0 Å². The van der Waals surface area contributed by atoms with Crippen LogP contribution in [0.25, 0.3) is 10.9 Å². The zero-order valence-corrected chi connectivity index (χ0v) is 11.1. The fourth-order valence-corrected chi connectivity index (χ4v) is 2.12. The smallest absolute Gasteiger partial charge is 0.243 e. The SMILES string of the molecule is COc1nccnc1C(=O)c1nn(C)c2ccccc12. The zero-order valence-electron chi connectivity index (χ0n) is 11.1. The quantitative estimate of drug-likeness (QED) is 0.675. The molecule has 2 heterocycles. The summed E-state index contributed by atoms with van der Waals surface area (Å²) in [6, 6.07) is 7.54. The minimum Gasteiger partial charge on any atom is -0.479 e. The van der Waals surface area contributed by atoms with E-state index in [0.717, 1.165) is 10.9 Å². The van der Waals surface area contributed by atoms with Crippen molar-refractivity contribution in [3.05, 3.63) is 48.0 Å². The van der Waals surface area contributed by atoms with Crippen molar-refractivity contribution in [2.75, 3.05) is 7.11 Å². The molecule has 0 aliphatic rings. The third-order valence-electron chi connectivity index (χ3n) is 3.05. The highest BCUT2D eigenvalue weighted by molar-refractivity contribution is 6.14. The summed E-state index contributed by atoms with van der Waals surface area (Å²) in [5.41, 5.74) is 1.40. The van der Waals surface area contributed by atoms with Crippen molar-refractivity contribution in [1.29, 1.82) is 0 Å². The van der Waals surface area contributed by atoms with Crippen LogP contribution in [0.2, 0.25) is 0 Å². The number of ketones is 1. The van der Waals surface area contributed by atoms with E-state index in [2.05, 4.69) is 15.1 Å². The number of hydrogen-bond donors (Lipinski definition) is 0. The molecule has 0 atom stereocenters. The highest BCUT2D eigenvalue weighted by Crippen LogP contribution is 2.22. The first-order valence-electron chi connectivity index (χ1n) is 6.04. The summed E-state index contributed by atoms with van der Waals surface area (Å²) in [5, 5.41) is 5.07. The maximum Gasteiger partial charge on any atom is 0.243 e. The first-order valence-corrected chi connectivity index (χ1v) is 6.04. The van der Waals surface area contributed by atoms with Gasteiger partial charge in [-0.3, -0.25) is 9.48 Å². The molecule has 6 heteroatoms. The maximum atomic E-state index is 12.6. The van der Waals surface area contributed by atoms with Crippen molar-refractivity contribution in [2.45, 2.75) is 0 Å². The first kappa shape index (κ1) is 12.3. The lowest BCUT2D eigenvalue weighted by Crippen LogP contribution is -2.09. The fraction of sp³-hybridized carbons (Fsp3) is 0.143. The number of nitrogens with zero attached hydrogens (tertiary/aromatic N) is 4. The number of aryl methyl sites for hydroxylation is 1.